The van der Waals surface area contributed by atoms with Crippen LogP contribution in [0.25, 0.3) is 0 Å². The molecular formula is C7H7BrN2S. The summed E-state index contributed by atoms with van der Waals surface area (Å²) < 4.78 is 0.719. The SMILES string of the molecule is Cc1nc(Br)nc2c1CSC2. The second-order valence-corrected chi connectivity index (χ2v) is 4.19. The molecule has 0 spiro atoms. The highest BCUT2D eigenvalue weighted by Crippen LogP contribution is 2.30. The maximum Gasteiger partial charge on any atom is 0.197 e. The molecule has 2 heterocycles. The smallest absolute Gasteiger partial charge is 0.197 e. The van der Waals surface area contributed by atoms with Gasteiger partial charge in [0.25, 0.3) is 0 Å². The lowest BCUT2D eigenvalue weighted by Gasteiger charge is -2.00. The summed E-state index contributed by atoms with van der Waals surface area (Å²) in [5.74, 6) is 2.12. The van der Waals surface area contributed by atoms with E-state index in [0.717, 1.165) is 21.9 Å². The third kappa shape index (κ3) is 1.29. The molecule has 4 heteroatoms. The molecule has 0 amide bonds. The van der Waals surface area contributed by atoms with Gasteiger partial charge >= 0.3 is 0 Å². The highest BCUT2D eigenvalue weighted by atomic mass is 79.9. The summed E-state index contributed by atoms with van der Waals surface area (Å²) in [5, 5.41) is 0. The number of hydrogen-bond acceptors (Lipinski definition) is 3. The van der Waals surface area contributed by atoms with Crippen molar-refractivity contribution in [2.24, 2.45) is 0 Å². The summed E-state index contributed by atoms with van der Waals surface area (Å²) in [6.07, 6.45) is 0. The Morgan fingerprint density at radius 2 is 2.18 bits per heavy atom. The Morgan fingerprint density at radius 3 is 3.00 bits per heavy atom. The predicted octanol–water partition coefficient (Wildman–Crippen LogP) is 2.29. The second-order valence-electron chi connectivity index (χ2n) is 2.50. The third-order valence-corrected chi connectivity index (χ3v) is 3.08. The van der Waals surface area contributed by atoms with Gasteiger partial charge in [0.1, 0.15) is 0 Å². The van der Waals surface area contributed by atoms with Gasteiger partial charge in [-0.05, 0) is 22.9 Å². The fourth-order valence-electron chi connectivity index (χ4n) is 1.18. The van der Waals surface area contributed by atoms with Gasteiger partial charge in [0.15, 0.2) is 4.73 Å². The van der Waals surface area contributed by atoms with Crippen molar-refractivity contribution < 1.29 is 0 Å². The number of nitrogens with zero attached hydrogens (tertiary/aromatic N) is 2. The zero-order valence-corrected chi connectivity index (χ0v) is 8.50. The fraction of sp³-hybridized carbons (Fsp3) is 0.429. The summed E-state index contributed by atoms with van der Waals surface area (Å²) >= 11 is 5.19. The second kappa shape index (κ2) is 2.75. The molecule has 1 aromatic rings. The average Bonchev–Trinajstić information content (AvgIpc) is 2.34. The van der Waals surface area contributed by atoms with Crippen LogP contribution in [0.15, 0.2) is 4.73 Å². The van der Waals surface area contributed by atoms with E-state index in [-0.39, 0.29) is 0 Å². The minimum Gasteiger partial charge on any atom is -0.227 e. The molecule has 58 valence electrons. The molecule has 11 heavy (non-hydrogen) atoms. The van der Waals surface area contributed by atoms with Crippen molar-refractivity contribution in [2.75, 3.05) is 0 Å². The molecule has 0 N–H and O–H groups in total. The van der Waals surface area contributed by atoms with Gasteiger partial charge in [0.05, 0.1) is 5.69 Å². The number of aromatic nitrogens is 2. The van der Waals surface area contributed by atoms with Crippen LogP contribution in [0.1, 0.15) is 17.0 Å². The van der Waals surface area contributed by atoms with Gasteiger partial charge in [-0.3, -0.25) is 0 Å². The number of thioether (sulfide) groups is 1. The van der Waals surface area contributed by atoms with Crippen LogP contribution < -0.4 is 0 Å². The molecule has 2 rings (SSSR count). The molecular weight excluding hydrogens is 224 g/mol. The van der Waals surface area contributed by atoms with E-state index in [1.165, 1.54) is 11.3 Å². The Bertz CT molecular complexity index is 301. The van der Waals surface area contributed by atoms with Crippen molar-refractivity contribution in [1.29, 1.82) is 0 Å². The van der Waals surface area contributed by atoms with Crippen LogP contribution in [-0.2, 0) is 11.5 Å². The van der Waals surface area contributed by atoms with E-state index >= 15 is 0 Å². The van der Waals surface area contributed by atoms with Gasteiger partial charge in [-0.25, -0.2) is 9.97 Å². The molecule has 1 aliphatic rings. The van der Waals surface area contributed by atoms with E-state index in [4.69, 9.17) is 0 Å². The van der Waals surface area contributed by atoms with Crippen LogP contribution in [0, 0.1) is 6.92 Å². The van der Waals surface area contributed by atoms with Crippen molar-refractivity contribution in [1.82, 2.24) is 9.97 Å². The zero-order chi connectivity index (χ0) is 7.84. The van der Waals surface area contributed by atoms with Crippen molar-refractivity contribution in [3.63, 3.8) is 0 Å². The quantitative estimate of drug-likeness (QED) is 0.640. The molecule has 0 fully saturated rings. The summed E-state index contributed by atoms with van der Waals surface area (Å²) in [4.78, 5) is 8.54. The van der Waals surface area contributed by atoms with Gasteiger partial charge < -0.3 is 0 Å². The highest BCUT2D eigenvalue weighted by molar-refractivity contribution is 9.10. The van der Waals surface area contributed by atoms with Crippen molar-refractivity contribution >= 4 is 27.7 Å². The lowest BCUT2D eigenvalue weighted by atomic mass is 10.2. The number of rotatable bonds is 0. The first-order valence-corrected chi connectivity index (χ1v) is 5.32. The largest absolute Gasteiger partial charge is 0.227 e. The Hall–Kier alpha value is -0.0900. The summed E-state index contributed by atoms with van der Waals surface area (Å²) in [5.41, 5.74) is 3.65. The Morgan fingerprint density at radius 1 is 1.36 bits per heavy atom. The minimum absolute atomic E-state index is 0.719. The normalized spacial score (nSPS) is 15.1. The van der Waals surface area contributed by atoms with Crippen molar-refractivity contribution in [3.8, 4) is 0 Å². The van der Waals surface area contributed by atoms with Gasteiger partial charge in [-0.1, -0.05) is 0 Å². The average molecular weight is 231 g/mol. The minimum atomic E-state index is 0.719. The lowest BCUT2D eigenvalue weighted by Crippen LogP contribution is -1.96. The van der Waals surface area contributed by atoms with Crippen LogP contribution in [0.2, 0.25) is 0 Å². The van der Waals surface area contributed by atoms with Gasteiger partial charge in [-0.15, -0.1) is 0 Å². The van der Waals surface area contributed by atoms with E-state index in [1.54, 1.807) is 0 Å². The van der Waals surface area contributed by atoms with Crippen LogP contribution >= 0.6 is 27.7 Å². The lowest BCUT2D eigenvalue weighted by molar-refractivity contribution is 0.980. The number of fused-ring (bicyclic) bond motifs is 1. The number of aryl methyl sites for hydroxylation is 1. The standard InChI is InChI=1S/C7H7BrN2S/c1-4-5-2-11-3-6(5)10-7(8)9-4/h2-3H2,1H3. The molecule has 1 aliphatic heterocycles. The van der Waals surface area contributed by atoms with Crippen LogP contribution in [0.3, 0.4) is 0 Å². The molecule has 2 nitrogen and oxygen atoms in total. The summed E-state index contributed by atoms with van der Waals surface area (Å²) in [7, 11) is 0. The Labute approximate surface area is 78.0 Å². The maximum atomic E-state index is 4.30. The first-order valence-electron chi connectivity index (χ1n) is 3.37. The van der Waals surface area contributed by atoms with E-state index in [0.29, 0.717) is 0 Å². The Balaban J connectivity index is 2.60. The predicted molar refractivity (Wildman–Crippen MR) is 49.5 cm³/mol. The van der Waals surface area contributed by atoms with Gasteiger partial charge in [0, 0.05) is 22.8 Å². The molecule has 0 unspecified atom stereocenters. The van der Waals surface area contributed by atoms with E-state index in [9.17, 15) is 0 Å². The molecule has 0 radical (unpaired) electrons. The molecule has 0 saturated heterocycles. The van der Waals surface area contributed by atoms with E-state index in [2.05, 4.69) is 25.9 Å². The van der Waals surface area contributed by atoms with E-state index in [1.807, 2.05) is 18.7 Å². The molecule has 0 aromatic carbocycles. The first-order chi connectivity index (χ1) is 5.27. The van der Waals surface area contributed by atoms with Crippen LogP contribution in [0.4, 0.5) is 0 Å². The molecule has 0 bridgehead atoms. The van der Waals surface area contributed by atoms with Gasteiger partial charge in [0.2, 0.25) is 0 Å². The van der Waals surface area contributed by atoms with Crippen molar-refractivity contribution in [2.45, 2.75) is 18.4 Å². The monoisotopic (exact) mass is 230 g/mol. The number of halogens is 1. The summed E-state index contributed by atoms with van der Waals surface area (Å²) in [6, 6.07) is 0. The molecule has 1 aromatic heterocycles. The molecule has 0 aliphatic carbocycles. The molecule has 0 atom stereocenters. The van der Waals surface area contributed by atoms with Crippen molar-refractivity contribution in [3.05, 3.63) is 21.7 Å². The van der Waals surface area contributed by atoms with Crippen LogP contribution in [0.5, 0.6) is 0 Å². The first kappa shape index (κ1) is 7.55. The maximum absolute atomic E-state index is 4.30. The van der Waals surface area contributed by atoms with Crippen LogP contribution in [-0.4, -0.2) is 9.97 Å². The highest BCUT2D eigenvalue weighted by Gasteiger charge is 2.16. The Kier molecular flexibility index (Phi) is 1.89. The topological polar surface area (TPSA) is 25.8 Å². The van der Waals surface area contributed by atoms with Gasteiger partial charge in [-0.2, -0.15) is 11.8 Å². The van der Waals surface area contributed by atoms with E-state index < -0.39 is 0 Å². The summed E-state index contributed by atoms with van der Waals surface area (Å²) in [6.45, 7) is 2.04. The zero-order valence-electron chi connectivity index (χ0n) is 6.09. The third-order valence-electron chi connectivity index (χ3n) is 1.76. The molecule has 0 saturated carbocycles. The number of hydrogen-bond donors (Lipinski definition) is 0. The fourth-order valence-corrected chi connectivity index (χ4v) is 2.77.